The van der Waals surface area contributed by atoms with E-state index in [9.17, 15) is 4.79 Å². The van der Waals surface area contributed by atoms with Gasteiger partial charge in [0.15, 0.2) is 0 Å². The SMILES string of the molecule is CC(C)CCCCCCCCCCCCCCCCCCCCC(=O)O.[H-].[H-].[Mg+2]. The summed E-state index contributed by atoms with van der Waals surface area (Å²) in [6, 6.07) is 0. The van der Waals surface area contributed by atoms with E-state index in [-0.39, 0.29) is 25.9 Å². The van der Waals surface area contributed by atoms with Crippen molar-refractivity contribution < 1.29 is 12.8 Å². The zero-order valence-corrected chi connectivity index (χ0v) is 20.2. The van der Waals surface area contributed by atoms with Gasteiger partial charge in [-0.1, -0.05) is 129 Å². The number of carboxylic acids is 1. The van der Waals surface area contributed by atoms with Crippen molar-refractivity contribution in [2.45, 2.75) is 142 Å². The molecule has 0 aromatic rings. The molecule has 0 rings (SSSR count). The Morgan fingerprint density at radius 3 is 1.11 bits per heavy atom. The number of carbonyl (C=O) groups is 1. The summed E-state index contributed by atoms with van der Waals surface area (Å²) < 4.78 is 0. The fourth-order valence-electron chi connectivity index (χ4n) is 3.66. The number of aliphatic carboxylic acids is 1. The van der Waals surface area contributed by atoms with Crippen LogP contribution in [0.15, 0.2) is 0 Å². The van der Waals surface area contributed by atoms with Gasteiger partial charge in [-0.15, -0.1) is 0 Å². The van der Waals surface area contributed by atoms with Gasteiger partial charge in [-0.25, -0.2) is 0 Å². The molecule has 0 aliphatic rings. The van der Waals surface area contributed by atoms with Crippen LogP contribution in [0, 0.1) is 5.92 Å². The maximum absolute atomic E-state index is 10.4. The second-order valence-electron chi connectivity index (χ2n) is 8.69. The van der Waals surface area contributed by atoms with Crippen molar-refractivity contribution in [3.63, 3.8) is 0 Å². The van der Waals surface area contributed by atoms with Crippen molar-refractivity contribution in [2.75, 3.05) is 0 Å². The molecule has 160 valence electrons. The number of rotatable bonds is 21. The van der Waals surface area contributed by atoms with E-state index in [4.69, 9.17) is 5.11 Å². The second-order valence-corrected chi connectivity index (χ2v) is 8.69. The summed E-state index contributed by atoms with van der Waals surface area (Å²) in [7, 11) is 0. The third kappa shape index (κ3) is 28.5. The van der Waals surface area contributed by atoms with Crippen LogP contribution in [0.4, 0.5) is 0 Å². The Morgan fingerprint density at radius 1 is 0.593 bits per heavy atom. The van der Waals surface area contributed by atoms with Crippen molar-refractivity contribution in [3.8, 4) is 0 Å². The van der Waals surface area contributed by atoms with Crippen molar-refractivity contribution in [1.29, 1.82) is 0 Å². The third-order valence-corrected chi connectivity index (χ3v) is 5.42. The fourth-order valence-corrected chi connectivity index (χ4v) is 3.66. The first-order valence-electron chi connectivity index (χ1n) is 11.8. The largest absolute Gasteiger partial charge is 2.00 e. The molecule has 0 aliphatic carbocycles. The van der Waals surface area contributed by atoms with Gasteiger partial charge in [0.2, 0.25) is 0 Å². The average Bonchev–Trinajstić information content (AvgIpc) is 2.59. The van der Waals surface area contributed by atoms with Crippen LogP contribution in [0.2, 0.25) is 0 Å². The number of hydrogen-bond donors (Lipinski definition) is 1. The van der Waals surface area contributed by atoms with Crippen molar-refractivity contribution in [3.05, 3.63) is 0 Å². The molecule has 0 spiro atoms. The minimum absolute atomic E-state index is 0. The van der Waals surface area contributed by atoms with E-state index in [0.717, 1.165) is 18.8 Å². The van der Waals surface area contributed by atoms with E-state index < -0.39 is 5.97 Å². The summed E-state index contributed by atoms with van der Waals surface area (Å²) in [5.74, 6) is 0.229. The molecular weight excluding hydrogens is 345 g/mol. The Bertz CT molecular complexity index is 303. The predicted octanol–water partition coefficient (Wildman–Crippen LogP) is 8.37. The Morgan fingerprint density at radius 2 is 0.852 bits per heavy atom. The summed E-state index contributed by atoms with van der Waals surface area (Å²) in [5.41, 5.74) is 0. The van der Waals surface area contributed by atoms with Crippen LogP contribution in [0.25, 0.3) is 0 Å². The van der Waals surface area contributed by atoms with Crippen LogP contribution in [0.3, 0.4) is 0 Å². The monoisotopic (exact) mass is 394 g/mol. The molecule has 2 nitrogen and oxygen atoms in total. The molecule has 0 atom stereocenters. The summed E-state index contributed by atoms with van der Waals surface area (Å²) in [6.07, 6.45) is 26.1. The van der Waals surface area contributed by atoms with Gasteiger partial charge in [0, 0.05) is 6.42 Å². The molecule has 0 radical (unpaired) electrons. The maximum atomic E-state index is 10.4. The average molecular weight is 395 g/mol. The zero-order valence-electron chi connectivity index (χ0n) is 20.8. The molecule has 0 heterocycles. The summed E-state index contributed by atoms with van der Waals surface area (Å²) >= 11 is 0. The van der Waals surface area contributed by atoms with E-state index in [2.05, 4.69) is 13.8 Å². The first kappa shape index (κ1) is 29.4. The molecule has 1 N–H and O–H groups in total. The third-order valence-electron chi connectivity index (χ3n) is 5.42. The van der Waals surface area contributed by atoms with Gasteiger partial charge in [0.25, 0.3) is 0 Å². The Balaban J connectivity index is -0.00000104. The molecule has 0 saturated carbocycles. The van der Waals surface area contributed by atoms with Crippen LogP contribution in [0.1, 0.15) is 145 Å². The normalized spacial score (nSPS) is 10.9. The minimum atomic E-state index is -0.651. The topological polar surface area (TPSA) is 37.3 Å². The molecule has 0 aromatic carbocycles. The molecule has 3 heteroatoms. The van der Waals surface area contributed by atoms with Gasteiger partial charge in [-0.05, 0) is 12.3 Å². The van der Waals surface area contributed by atoms with Gasteiger partial charge in [0.05, 0.1) is 0 Å². The van der Waals surface area contributed by atoms with Crippen LogP contribution in [-0.2, 0) is 4.79 Å². The molecule has 0 amide bonds. The Labute approximate surface area is 189 Å². The van der Waals surface area contributed by atoms with E-state index >= 15 is 0 Å². The number of carboxylic acid groups (broad SMARTS) is 1. The van der Waals surface area contributed by atoms with Crippen LogP contribution >= 0.6 is 0 Å². The fraction of sp³-hybridized carbons (Fsp3) is 0.958. The first-order chi connectivity index (χ1) is 12.6. The standard InChI is InChI=1S/C24H48O2.Mg.2H/c1-23(2)21-19-17-15-13-11-9-7-5-3-4-6-8-10-12-14-16-18-20-22-24(25)26;;;/h23H,3-22H2,1-2H3,(H,25,26);;;/q;+2;2*-1. The van der Waals surface area contributed by atoms with E-state index in [1.807, 2.05) is 0 Å². The Hall–Kier alpha value is 0.236. The van der Waals surface area contributed by atoms with Crippen LogP contribution < -0.4 is 0 Å². The molecular formula is C24H50MgO2. The smallest absolute Gasteiger partial charge is 1.00 e. The van der Waals surface area contributed by atoms with E-state index in [0.29, 0.717) is 6.42 Å². The number of hydrogen-bond acceptors (Lipinski definition) is 1. The molecule has 0 unspecified atom stereocenters. The molecule has 0 fully saturated rings. The van der Waals surface area contributed by atoms with Crippen molar-refractivity contribution >= 4 is 29.0 Å². The van der Waals surface area contributed by atoms with Gasteiger partial charge in [0.1, 0.15) is 0 Å². The van der Waals surface area contributed by atoms with Gasteiger partial charge in [-0.2, -0.15) is 0 Å². The van der Waals surface area contributed by atoms with Crippen LogP contribution in [-0.4, -0.2) is 34.1 Å². The van der Waals surface area contributed by atoms with E-state index in [1.165, 1.54) is 109 Å². The molecule has 0 bridgehead atoms. The summed E-state index contributed by atoms with van der Waals surface area (Å²) in [5, 5.41) is 8.57. The van der Waals surface area contributed by atoms with Gasteiger partial charge in [-0.3, -0.25) is 4.79 Å². The molecule has 27 heavy (non-hydrogen) atoms. The quantitative estimate of drug-likeness (QED) is 0.157. The first-order valence-corrected chi connectivity index (χ1v) is 11.8. The summed E-state index contributed by atoms with van der Waals surface area (Å²) in [4.78, 5) is 10.4. The summed E-state index contributed by atoms with van der Waals surface area (Å²) in [6.45, 7) is 4.65. The van der Waals surface area contributed by atoms with Gasteiger partial charge >= 0.3 is 29.0 Å². The zero-order chi connectivity index (χ0) is 19.3. The number of unbranched alkanes of at least 4 members (excludes halogenated alkanes) is 17. The van der Waals surface area contributed by atoms with E-state index in [1.54, 1.807) is 0 Å². The van der Waals surface area contributed by atoms with Crippen molar-refractivity contribution in [2.24, 2.45) is 5.92 Å². The van der Waals surface area contributed by atoms with Crippen molar-refractivity contribution in [1.82, 2.24) is 0 Å². The molecule has 0 aromatic heterocycles. The van der Waals surface area contributed by atoms with Crippen LogP contribution in [0.5, 0.6) is 0 Å². The molecule has 0 saturated heterocycles. The maximum Gasteiger partial charge on any atom is 2.00 e. The Kier molecular flexibility index (Phi) is 26.5. The second kappa shape index (κ2) is 24.3. The predicted molar refractivity (Wildman–Crippen MR) is 123 cm³/mol. The molecule has 0 aliphatic heterocycles. The minimum Gasteiger partial charge on any atom is -1.00 e. The van der Waals surface area contributed by atoms with Gasteiger partial charge < -0.3 is 7.96 Å².